The molecule has 1 N–H and O–H groups in total. The van der Waals surface area contributed by atoms with E-state index in [1.54, 1.807) is 0 Å². The molecule has 0 aromatic carbocycles. The number of aromatic nitrogens is 3. The molecule has 20 heavy (non-hydrogen) atoms. The van der Waals surface area contributed by atoms with Gasteiger partial charge in [-0.15, -0.1) is 5.10 Å². The molecule has 108 valence electrons. The number of amides is 1. The van der Waals surface area contributed by atoms with Crippen LogP contribution >= 0.6 is 0 Å². The van der Waals surface area contributed by atoms with Crippen molar-refractivity contribution in [3.8, 4) is 0 Å². The fourth-order valence-corrected chi connectivity index (χ4v) is 3.47. The van der Waals surface area contributed by atoms with E-state index < -0.39 is 5.97 Å². The number of hydrogen-bond acceptors (Lipinski definition) is 4. The van der Waals surface area contributed by atoms with E-state index in [0.29, 0.717) is 12.0 Å². The molecule has 1 amide bonds. The number of piperidine rings is 1. The number of aromatic carboxylic acids is 1. The molecule has 2 atom stereocenters. The molecule has 1 aliphatic heterocycles. The van der Waals surface area contributed by atoms with Crippen molar-refractivity contribution in [3.05, 3.63) is 11.9 Å². The first-order chi connectivity index (χ1) is 9.65. The van der Waals surface area contributed by atoms with Gasteiger partial charge in [-0.05, 0) is 31.6 Å². The fraction of sp³-hybridized carbons (Fsp3) is 0.692. The Morgan fingerprint density at radius 2 is 2.10 bits per heavy atom. The molecule has 3 rings (SSSR count). The number of nitrogens with zero attached hydrogens (tertiary/aromatic N) is 4. The second-order valence-corrected chi connectivity index (χ2v) is 5.59. The number of carboxylic acids is 1. The van der Waals surface area contributed by atoms with Gasteiger partial charge in [0.1, 0.15) is 6.54 Å². The molecule has 2 fully saturated rings. The van der Waals surface area contributed by atoms with Crippen molar-refractivity contribution in [2.45, 2.75) is 44.7 Å². The lowest BCUT2D eigenvalue weighted by Crippen LogP contribution is -2.47. The summed E-state index contributed by atoms with van der Waals surface area (Å²) in [5.74, 6) is -0.459. The number of rotatable bonds is 3. The molecule has 0 spiro atoms. The minimum Gasteiger partial charge on any atom is -0.476 e. The van der Waals surface area contributed by atoms with Gasteiger partial charge in [0.15, 0.2) is 5.69 Å². The van der Waals surface area contributed by atoms with E-state index in [2.05, 4.69) is 10.3 Å². The Bertz CT molecular complexity index is 527. The zero-order valence-corrected chi connectivity index (χ0v) is 11.2. The van der Waals surface area contributed by atoms with E-state index in [4.69, 9.17) is 5.11 Å². The second-order valence-electron chi connectivity index (χ2n) is 5.59. The Morgan fingerprint density at radius 3 is 2.85 bits per heavy atom. The summed E-state index contributed by atoms with van der Waals surface area (Å²) in [6.07, 6.45) is 7.10. The molecule has 0 radical (unpaired) electrons. The van der Waals surface area contributed by atoms with Crippen molar-refractivity contribution in [1.82, 2.24) is 19.9 Å². The van der Waals surface area contributed by atoms with Crippen molar-refractivity contribution < 1.29 is 14.7 Å². The Balaban J connectivity index is 1.67. The molecular weight excluding hydrogens is 260 g/mol. The SMILES string of the molecule is O=C(O)c1cn(CC(=O)N2CCCC3CCCC32)nn1. The highest BCUT2D eigenvalue weighted by Gasteiger charge is 2.37. The molecule has 1 aromatic rings. The standard InChI is InChI=1S/C13H18N4O3/c18-12(8-16-7-10(13(19)20)14-15-16)17-6-2-4-9-3-1-5-11(9)17/h7,9,11H,1-6,8H2,(H,19,20). The molecule has 1 saturated carbocycles. The average molecular weight is 278 g/mol. The van der Waals surface area contributed by atoms with Gasteiger partial charge in [0.05, 0.1) is 6.20 Å². The molecule has 7 nitrogen and oxygen atoms in total. The van der Waals surface area contributed by atoms with Crippen LogP contribution in [0.4, 0.5) is 0 Å². The summed E-state index contributed by atoms with van der Waals surface area (Å²) in [5, 5.41) is 16.0. The summed E-state index contributed by atoms with van der Waals surface area (Å²) in [6, 6.07) is 0.374. The highest BCUT2D eigenvalue weighted by atomic mass is 16.4. The van der Waals surface area contributed by atoms with E-state index in [-0.39, 0.29) is 18.1 Å². The molecule has 2 heterocycles. The van der Waals surface area contributed by atoms with Gasteiger partial charge in [-0.25, -0.2) is 9.48 Å². The zero-order chi connectivity index (χ0) is 14.1. The maximum Gasteiger partial charge on any atom is 0.358 e. The van der Waals surface area contributed by atoms with E-state index in [9.17, 15) is 9.59 Å². The molecule has 0 bridgehead atoms. The van der Waals surface area contributed by atoms with Crippen LogP contribution in [0.5, 0.6) is 0 Å². The summed E-state index contributed by atoms with van der Waals surface area (Å²) in [5.41, 5.74) is -0.129. The van der Waals surface area contributed by atoms with E-state index in [1.807, 2.05) is 4.90 Å². The largest absolute Gasteiger partial charge is 0.476 e. The molecule has 7 heteroatoms. The quantitative estimate of drug-likeness (QED) is 0.882. The average Bonchev–Trinajstić information content (AvgIpc) is 3.05. The number of hydrogen-bond donors (Lipinski definition) is 1. The zero-order valence-electron chi connectivity index (χ0n) is 11.2. The summed E-state index contributed by atoms with van der Waals surface area (Å²) in [6.45, 7) is 0.879. The molecule has 1 saturated heterocycles. The van der Waals surface area contributed by atoms with Crippen LogP contribution in [0, 0.1) is 5.92 Å². The lowest BCUT2D eigenvalue weighted by atomic mass is 9.92. The van der Waals surface area contributed by atoms with Crippen LogP contribution in [0.25, 0.3) is 0 Å². The number of fused-ring (bicyclic) bond motifs is 1. The van der Waals surface area contributed by atoms with Crippen LogP contribution in [0.2, 0.25) is 0 Å². The van der Waals surface area contributed by atoms with Gasteiger partial charge in [0.25, 0.3) is 0 Å². The molecular formula is C13H18N4O3. The number of likely N-dealkylation sites (tertiary alicyclic amines) is 1. The minimum atomic E-state index is -1.13. The number of carboxylic acid groups (broad SMARTS) is 1. The predicted molar refractivity (Wildman–Crippen MR) is 69.1 cm³/mol. The molecule has 1 aliphatic carbocycles. The van der Waals surface area contributed by atoms with Gasteiger partial charge in [-0.1, -0.05) is 11.6 Å². The van der Waals surface area contributed by atoms with Crippen molar-refractivity contribution in [2.24, 2.45) is 5.92 Å². The summed E-state index contributed by atoms with van der Waals surface area (Å²) in [4.78, 5) is 25.1. The van der Waals surface area contributed by atoms with Crippen molar-refractivity contribution in [3.63, 3.8) is 0 Å². The molecule has 2 unspecified atom stereocenters. The first kappa shape index (κ1) is 13.1. The highest BCUT2D eigenvalue weighted by molar-refractivity contribution is 5.84. The van der Waals surface area contributed by atoms with E-state index >= 15 is 0 Å². The topological polar surface area (TPSA) is 88.3 Å². The predicted octanol–water partition coefficient (Wildman–Crippen LogP) is 0.767. The first-order valence-corrected chi connectivity index (χ1v) is 7.08. The van der Waals surface area contributed by atoms with Crippen LogP contribution in [-0.2, 0) is 11.3 Å². The third kappa shape index (κ3) is 2.39. The monoisotopic (exact) mass is 278 g/mol. The molecule has 1 aromatic heterocycles. The Hall–Kier alpha value is -1.92. The van der Waals surface area contributed by atoms with Crippen molar-refractivity contribution in [1.29, 1.82) is 0 Å². The maximum absolute atomic E-state index is 12.4. The van der Waals surface area contributed by atoms with Crippen molar-refractivity contribution in [2.75, 3.05) is 6.54 Å². The van der Waals surface area contributed by atoms with Crippen LogP contribution in [0.1, 0.15) is 42.6 Å². The van der Waals surface area contributed by atoms with Gasteiger partial charge in [-0.3, -0.25) is 4.79 Å². The van der Waals surface area contributed by atoms with Crippen LogP contribution in [0.15, 0.2) is 6.20 Å². The lowest BCUT2D eigenvalue weighted by molar-refractivity contribution is -0.136. The minimum absolute atomic E-state index is 0.0171. The first-order valence-electron chi connectivity index (χ1n) is 7.08. The fourth-order valence-electron chi connectivity index (χ4n) is 3.47. The van der Waals surface area contributed by atoms with E-state index in [1.165, 1.54) is 30.1 Å². The van der Waals surface area contributed by atoms with Gasteiger partial charge in [-0.2, -0.15) is 0 Å². The second kappa shape index (κ2) is 5.22. The third-order valence-electron chi connectivity index (χ3n) is 4.37. The van der Waals surface area contributed by atoms with Gasteiger partial charge in [0.2, 0.25) is 5.91 Å². The van der Waals surface area contributed by atoms with Gasteiger partial charge < -0.3 is 10.0 Å². The Labute approximate surface area is 116 Å². The maximum atomic E-state index is 12.4. The summed E-state index contributed by atoms with van der Waals surface area (Å²) < 4.78 is 1.31. The van der Waals surface area contributed by atoms with E-state index in [0.717, 1.165) is 19.4 Å². The van der Waals surface area contributed by atoms with Crippen LogP contribution < -0.4 is 0 Å². The summed E-state index contributed by atoms with van der Waals surface area (Å²) >= 11 is 0. The smallest absolute Gasteiger partial charge is 0.358 e. The lowest BCUT2D eigenvalue weighted by Gasteiger charge is -2.37. The normalized spacial score (nSPS) is 25.5. The highest BCUT2D eigenvalue weighted by Crippen LogP contribution is 2.36. The van der Waals surface area contributed by atoms with Gasteiger partial charge in [0, 0.05) is 12.6 Å². The molecule has 2 aliphatic rings. The van der Waals surface area contributed by atoms with Crippen molar-refractivity contribution >= 4 is 11.9 Å². The Morgan fingerprint density at radius 1 is 1.30 bits per heavy atom. The number of carbonyl (C=O) groups is 2. The third-order valence-corrected chi connectivity index (χ3v) is 4.37. The van der Waals surface area contributed by atoms with Gasteiger partial charge >= 0.3 is 5.97 Å². The number of carbonyl (C=O) groups excluding carboxylic acids is 1. The van der Waals surface area contributed by atoms with Crippen LogP contribution in [-0.4, -0.2) is 49.5 Å². The summed E-state index contributed by atoms with van der Waals surface area (Å²) in [7, 11) is 0. The van der Waals surface area contributed by atoms with Crippen LogP contribution in [0.3, 0.4) is 0 Å². The Kier molecular flexibility index (Phi) is 3.42.